The first-order chi connectivity index (χ1) is 13.0. The van der Waals surface area contributed by atoms with E-state index in [0.29, 0.717) is 0 Å². The highest BCUT2D eigenvalue weighted by atomic mass is 32.2. The van der Waals surface area contributed by atoms with E-state index < -0.39 is 20.2 Å². The van der Waals surface area contributed by atoms with Crippen LogP contribution in [0.25, 0.3) is 0 Å². The Kier molecular flexibility index (Phi) is 5.87. The van der Waals surface area contributed by atoms with E-state index in [1.54, 1.807) is 0 Å². The zero-order valence-electron chi connectivity index (χ0n) is 15.9. The van der Waals surface area contributed by atoms with Crippen LogP contribution in [0.1, 0.15) is 51.9 Å². The third kappa shape index (κ3) is 4.25. The molecular weight excluding hydrogens is 393 g/mol. The molecule has 1 heterocycles. The van der Waals surface area contributed by atoms with Crippen LogP contribution in [0, 0.1) is 0 Å². The van der Waals surface area contributed by atoms with E-state index in [1.165, 1.54) is 32.1 Å². The molecule has 0 radical (unpaired) electrons. The van der Waals surface area contributed by atoms with Crippen molar-refractivity contribution in [3.8, 4) is 5.75 Å². The van der Waals surface area contributed by atoms with Crippen LogP contribution in [0.4, 0.5) is 18.9 Å². The lowest BCUT2D eigenvalue weighted by Crippen LogP contribution is -2.52. The van der Waals surface area contributed by atoms with Gasteiger partial charge in [-0.1, -0.05) is 19.3 Å². The van der Waals surface area contributed by atoms with Crippen molar-refractivity contribution >= 4 is 15.5 Å². The van der Waals surface area contributed by atoms with E-state index in [4.69, 9.17) is 0 Å². The van der Waals surface area contributed by atoms with Crippen molar-refractivity contribution in [2.75, 3.05) is 18.4 Å². The highest BCUT2D eigenvalue weighted by Gasteiger charge is 2.47. The summed E-state index contributed by atoms with van der Waals surface area (Å²) in [6.07, 6.45) is 7.69. The van der Waals surface area contributed by atoms with Gasteiger partial charge in [0.1, 0.15) is 5.75 Å². The Hall–Kier alpha value is -1.48. The number of hydrogen-bond donors (Lipinski definition) is 2. The van der Waals surface area contributed by atoms with Gasteiger partial charge in [-0.05, 0) is 50.8 Å². The predicted octanol–water partition coefficient (Wildman–Crippen LogP) is 4.28. The van der Waals surface area contributed by atoms with Gasteiger partial charge in [-0.2, -0.15) is 13.2 Å². The van der Waals surface area contributed by atoms with E-state index in [2.05, 4.69) is 17.1 Å². The second-order valence-electron chi connectivity index (χ2n) is 8.09. The fourth-order valence-electron chi connectivity index (χ4n) is 4.34. The maximum atomic E-state index is 12.8. The second-order valence-corrected chi connectivity index (χ2v) is 10.0. The van der Waals surface area contributed by atoms with Gasteiger partial charge in [-0.15, -0.1) is 0 Å². The molecule has 0 atom stereocenters. The van der Waals surface area contributed by atoms with Gasteiger partial charge >= 0.3 is 5.51 Å². The van der Waals surface area contributed by atoms with Crippen molar-refractivity contribution < 1.29 is 26.7 Å². The van der Waals surface area contributed by atoms with Gasteiger partial charge in [0.2, 0.25) is 0 Å². The van der Waals surface area contributed by atoms with Gasteiger partial charge < -0.3 is 10.4 Å². The summed E-state index contributed by atoms with van der Waals surface area (Å²) in [5, 5.41) is 13.0. The molecule has 1 saturated heterocycles. The molecule has 9 heteroatoms. The number of phenols is 1. The predicted molar refractivity (Wildman–Crippen MR) is 101 cm³/mol. The van der Waals surface area contributed by atoms with Crippen LogP contribution in [0.15, 0.2) is 23.1 Å². The Balaban J connectivity index is 1.67. The topological polar surface area (TPSA) is 69.6 Å². The summed E-state index contributed by atoms with van der Waals surface area (Å²) in [5.74, 6) is -0.261. The maximum Gasteiger partial charge on any atom is 0.501 e. The van der Waals surface area contributed by atoms with Gasteiger partial charge in [0.25, 0.3) is 9.84 Å². The summed E-state index contributed by atoms with van der Waals surface area (Å²) in [6.45, 7) is 4.04. The van der Waals surface area contributed by atoms with Crippen molar-refractivity contribution in [1.82, 2.24) is 4.90 Å². The molecule has 0 unspecified atom stereocenters. The number of hydrogen-bond acceptors (Lipinski definition) is 5. The van der Waals surface area contributed by atoms with Crippen LogP contribution in [-0.4, -0.2) is 48.6 Å². The Bertz CT molecular complexity index is 797. The molecule has 3 rings (SSSR count). The van der Waals surface area contributed by atoms with Crippen molar-refractivity contribution in [2.24, 2.45) is 0 Å². The van der Waals surface area contributed by atoms with Crippen molar-refractivity contribution in [2.45, 2.75) is 73.9 Å². The minimum absolute atomic E-state index is 0.0210. The Labute approximate surface area is 163 Å². The molecule has 2 aliphatic rings. The quantitative estimate of drug-likeness (QED) is 0.712. The number of phenolic OH excluding ortho intramolecular Hbond substituents is 1. The first-order valence-electron chi connectivity index (χ1n) is 9.69. The molecule has 0 aromatic heterocycles. The molecule has 1 aromatic rings. The Morgan fingerprint density at radius 1 is 1.14 bits per heavy atom. The number of anilines is 1. The molecule has 5 nitrogen and oxygen atoms in total. The Morgan fingerprint density at radius 2 is 1.75 bits per heavy atom. The van der Waals surface area contributed by atoms with Crippen molar-refractivity contribution in [3.63, 3.8) is 0 Å². The number of nitrogens with zero attached hydrogens (tertiary/aromatic N) is 1. The average Bonchev–Trinajstić information content (AvgIpc) is 2.63. The molecule has 1 aliphatic heterocycles. The Morgan fingerprint density at radius 3 is 2.32 bits per heavy atom. The molecule has 158 valence electrons. The van der Waals surface area contributed by atoms with Crippen LogP contribution < -0.4 is 5.32 Å². The van der Waals surface area contributed by atoms with Gasteiger partial charge in [0.15, 0.2) is 0 Å². The molecule has 0 amide bonds. The molecule has 0 bridgehead atoms. The summed E-state index contributed by atoms with van der Waals surface area (Å²) in [4.78, 5) is 1.63. The zero-order chi connectivity index (χ0) is 20.6. The van der Waals surface area contributed by atoms with E-state index in [9.17, 15) is 26.7 Å². The summed E-state index contributed by atoms with van der Waals surface area (Å²) >= 11 is 0. The molecule has 1 aromatic carbocycles. The van der Waals surface area contributed by atoms with E-state index in [0.717, 1.165) is 44.1 Å². The number of rotatable bonds is 4. The third-order valence-electron chi connectivity index (χ3n) is 6.13. The number of likely N-dealkylation sites (tertiary alicyclic amines) is 1. The fraction of sp³-hybridized carbons (Fsp3) is 0.684. The minimum Gasteiger partial charge on any atom is -0.506 e. The number of halogens is 3. The lowest BCUT2D eigenvalue weighted by Gasteiger charge is -2.47. The second kappa shape index (κ2) is 7.74. The highest BCUT2D eigenvalue weighted by Crippen LogP contribution is 2.37. The molecule has 0 spiro atoms. The number of benzene rings is 1. The summed E-state index contributed by atoms with van der Waals surface area (Å²) < 4.78 is 61.6. The van der Waals surface area contributed by atoms with Crippen LogP contribution in [0.3, 0.4) is 0 Å². The number of nitrogens with one attached hydrogen (secondary N) is 1. The normalized spacial score (nSPS) is 22.1. The SMILES string of the molecule is CC1(N2CCC(Nc3cc(S(=O)(=O)C(F)(F)F)ccc3O)CC2)CCCCC1. The number of sulfone groups is 1. The summed E-state index contributed by atoms with van der Waals surface area (Å²) in [7, 11) is -5.45. The van der Waals surface area contributed by atoms with Crippen LogP contribution in [0.2, 0.25) is 0 Å². The number of alkyl halides is 3. The minimum atomic E-state index is -5.45. The highest BCUT2D eigenvalue weighted by molar-refractivity contribution is 7.92. The van der Waals surface area contributed by atoms with E-state index in [1.807, 2.05) is 0 Å². The zero-order valence-corrected chi connectivity index (χ0v) is 16.7. The van der Waals surface area contributed by atoms with Crippen LogP contribution in [-0.2, 0) is 9.84 Å². The largest absolute Gasteiger partial charge is 0.506 e. The molecule has 28 heavy (non-hydrogen) atoms. The standard InChI is InChI=1S/C19H27F3N2O3S/c1-18(9-3-2-4-10-18)24-11-7-14(8-12-24)23-16-13-15(5-6-17(16)25)28(26,27)19(20,21)22/h5-6,13-14,23,25H,2-4,7-12H2,1H3. The maximum absolute atomic E-state index is 12.8. The first kappa shape index (κ1) is 21.2. The van der Waals surface area contributed by atoms with E-state index >= 15 is 0 Å². The number of piperidine rings is 1. The molecular formula is C19H27F3N2O3S. The monoisotopic (exact) mass is 420 g/mol. The fourth-order valence-corrected chi connectivity index (χ4v) is 5.13. The third-order valence-corrected chi connectivity index (χ3v) is 7.62. The van der Waals surface area contributed by atoms with Gasteiger partial charge in [-0.25, -0.2) is 8.42 Å². The number of aromatic hydroxyl groups is 1. The van der Waals surface area contributed by atoms with Gasteiger partial charge in [0, 0.05) is 24.7 Å². The lowest BCUT2D eigenvalue weighted by atomic mass is 9.80. The summed E-state index contributed by atoms with van der Waals surface area (Å²) in [5.41, 5.74) is -5.14. The average molecular weight is 420 g/mol. The molecule has 2 fully saturated rings. The van der Waals surface area contributed by atoms with Crippen molar-refractivity contribution in [3.05, 3.63) is 18.2 Å². The smallest absolute Gasteiger partial charge is 0.501 e. The van der Waals surface area contributed by atoms with Crippen molar-refractivity contribution in [1.29, 1.82) is 0 Å². The molecule has 1 aliphatic carbocycles. The van der Waals surface area contributed by atoms with Crippen LogP contribution in [0.5, 0.6) is 5.75 Å². The molecule has 2 N–H and O–H groups in total. The first-order valence-corrected chi connectivity index (χ1v) is 11.2. The van der Waals surface area contributed by atoms with Gasteiger partial charge in [-0.3, -0.25) is 4.90 Å². The van der Waals surface area contributed by atoms with E-state index in [-0.39, 0.29) is 23.0 Å². The van der Waals surface area contributed by atoms with Crippen LogP contribution >= 0.6 is 0 Å². The summed E-state index contributed by atoms with van der Waals surface area (Å²) in [6, 6.07) is 2.60. The lowest BCUT2D eigenvalue weighted by molar-refractivity contribution is -0.0436. The molecule has 1 saturated carbocycles. The van der Waals surface area contributed by atoms with Gasteiger partial charge in [0.05, 0.1) is 10.6 Å².